The molecular weight excluding hydrogens is 394 g/mol. The summed E-state index contributed by atoms with van der Waals surface area (Å²) >= 11 is 3.08. The number of carbonyl (C=O) groups is 2. The highest BCUT2D eigenvalue weighted by Crippen LogP contribution is 2.37. The Hall–Kier alpha value is -2.03. The molecule has 0 atom stereocenters. The maximum absolute atomic E-state index is 12.4. The third kappa shape index (κ3) is 4.87. The largest absolute Gasteiger partial charge is 0.497 e. The first-order chi connectivity index (χ1) is 13.5. The molecular formula is C20H25N3O3S2. The number of thioether (sulfide) groups is 1. The smallest absolute Gasteiger partial charge is 0.251 e. The van der Waals surface area contributed by atoms with Crippen LogP contribution in [0.15, 0.2) is 29.2 Å². The van der Waals surface area contributed by atoms with Gasteiger partial charge in [-0.3, -0.25) is 14.5 Å². The summed E-state index contributed by atoms with van der Waals surface area (Å²) in [5, 5.41) is 3.51. The Morgan fingerprint density at radius 1 is 1.32 bits per heavy atom. The highest BCUT2D eigenvalue weighted by molar-refractivity contribution is 7.99. The Morgan fingerprint density at radius 3 is 2.71 bits per heavy atom. The number of nitrogens with two attached hydrogens (primary N) is 1. The molecule has 1 aliphatic rings. The van der Waals surface area contributed by atoms with Gasteiger partial charge in [-0.25, -0.2) is 0 Å². The van der Waals surface area contributed by atoms with Gasteiger partial charge in [0.25, 0.3) is 5.91 Å². The van der Waals surface area contributed by atoms with Crippen LogP contribution in [-0.2, 0) is 17.8 Å². The van der Waals surface area contributed by atoms with Gasteiger partial charge in [-0.2, -0.15) is 0 Å². The van der Waals surface area contributed by atoms with Gasteiger partial charge in [-0.05, 0) is 42.8 Å². The van der Waals surface area contributed by atoms with Crippen molar-refractivity contribution in [2.45, 2.75) is 31.2 Å². The summed E-state index contributed by atoms with van der Waals surface area (Å²) in [6.07, 6.45) is 1.15. The van der Waals surface area contributed by atoms with Crippen LogP contribution in [0.4, 0.5) is 5.00 Å². The number of methoxy groups -OCH3 is 1. The van der Waals surface area contributed by atoms with E-state index in [-0.39, 0.29) is 5.91 Å². The number of carbonyl (C=O) groups excluding carboxylic acids is 2. The standard InChI is InChI=1S/C20H25N3O3S2/c1-3-23-10-8-15-16(12-23)28-20(18(15)19(21)25)22-17(24)9-11-27-14-6-4-13(26-2)5-7-14/h4-7H,3,8-12H2,1-2H3,(H2,21,25)(H,22,24). The number of fused-ring (bicyclic) bond motifs is 1. The molecule has 0 aliphatic carbocycles. The second-order valence-electron chi connectivity index (χ2n) is 6.51. The molecule has 8 heteroatoms. The van der Waals surface area contributed by atoms with E-state index in [1.54, 1.807) is 18.9 Å². The summed E-state index contributed by atoms with van der Waals surface area (Å²) < 4.78 is 5.14. The normalized spacial score (nSPS) is 13.8. The highest BCUT2D eigenvalue weighted by atomic mass is 32.2. The first kappa shape index (κ1) is 20.7. The van der Waals surface area contributed by atoms with E-state index in [0.717, 1.165) is 47.1 Å². The van der Waals surface area contributed by atoms with Gasteiger partial charge in [0.2, 0.25) is 5.91 Å². The number of nitrogens with one attached hydrogen (secondary N) is 1. The van der Waals surface area contributed by atoms with Gasteiger partial charge < -0.3 is 15.8 Å². The molecule has 3 N–H and O–H groups in total. The van der Waals surface area contributed by atoms with Crippen LogP contribution >= 0.6 is 23.1 Å². The van der Waals surface area contributed by atoms with Crippen LogP contribution in [0.5, 0.6) is 5.75 Å². The summed E-state index contributed by atoms with van der Waals surface area (Å²) in [4.78, 5) is 28.9. The zero-order valence-electron chi connectivity index (χ0n) is 16.1. The summed E-state index contributed by atoms with van der Waals surface area (Å²) in [6, 6.07) is 7.74. The number of ether oxygens (including phenoxy) is 1. The summed E-state index contributed by atoms with van der Waals surface area (Å²) in [5.41, 5.74) is 7.11. The van der Waals surface area contributed by atoms with E-state index in [4.69, 9.17) is 10.5 Å². The molecule has 0 saturated carbocycles. The van der Waals surface area contributed by atoms with E-state index in [1.165, 1.54) is 11.3 Å². The second-order valence-corrected chi connectivity index (χ2v) is 8.79. The zero-order valence-corrected chi connectivity index (χ0v) is 17.8. The Morgan fingerprint density at radius 2 is 2.07 bits per heavy atom. The quantitative estimate of drug-likeness (QED) is 0.641. The molecule has 0 saturated heterocycles. The lowest BCUT2D eigenvalue weighted by Gasteiger charge is -2.25. The van der Waals surface area contributed by atoms with Crippen molar-refractivity contribution in [3.05, 3.63) is 40.3 Å². The predicted molar refractivity (Wildman–Crippen MR) is 114 cm³/mol. The molecule has 1 aromatic heterocycles. The van der Waals surface area contributed by atoms with Crippen LogP contribution in [0.1, 0.15) is 34.1 Å². The minimum Gasteiger partial charge on any atom is -0.497 e. The van der Waals surface area contributed by atoms with Crippen LogP contribution in [0.3, 0.4) is 0 Å². The molecule has 1 aromatic carbocycles. The summed E-state index contributed by atoms with van der Waals surface area (Å²) in [6.45, 7) is 4.80. The van der Waals surface area contributed by atoms with E-state index in [2.05, 4.69) is 17.1 Å². The van der Waals surface area contributed by atoms with Crippen LogP contribution in [-0.4, -0.2) is 42.7 Å². The monoisotopic (exact) mass is 419 g/mol. The molecule has 28 heavy (non-hydrogen) atoms. The lowest BCUT2D eigenvalue weighted by atomic mass is 10.0. The number of thiophene rings is 1. The first-order valence-electron chi connectivity index (χ1n) is 9.25. The number of benzene rings is 1. The van der Waals surface area contributed by atoms with Crippen LogP contribution in [0.2, 0.25) is 0 Å². The SMILES string of the molecule is CCN1CCc2c(sc(NC(=O)CCSc3ccc(OC)cc3)c2C(N)=O)C1. The minimum atomic E-state index is -0.467. The molecule has 2 aromatic rings. The number of hydrogen-bond donors (Lipinski definition) is 2. The van der Waals surface area contributed by atoms with E-state index >= 15 is 0 Å². The fraction of sp³-hybridized carbons (Fsp3) is 0.400. The Labute approximate surface area is 173 Å². The maximum atomic E-state index is 12.4. The number of anilines is 1. The first-order valence-corrected chi connectivity index (χ1v) is 11.1. The van der Waals surface area contributed by atoms with Crippen molar-refractivity contribution in [1.82, 2.24) is 4.90 Å². The highest BCUT2D eigenvalue weighted by Gasteiger charge is 2.27. The Balaban J connectivity index is 1.60. The Bertz CT molecular complexity index is 849. The van der Waals surface area contributed by atoms with Crippen molar-refractivity contribution in [1.29, 1.82) is 0 Å². The van der Waals surface area contributed by atoms with Crippen molar-refractivity contribution in [3.63, 3.8) is 0 Å². The molecule has 2 heterocycles. The number of nitrogens with zero attached hydrogens (tertiary/aromatic N) is 1. The van der Waals surface area contributed by atoms with Crippen LogP contribution < -0.4 is 15.8 Å². The predicted octanol–water partition coefficient (Wildman–Crippen LogP) is 3.35. The topological polar surface area (TPSA) is 84.7 Å². The third-order valence-corrected chi connectivity index (χ3v) is 6.89. The van der Waals surface area contributed by atoms with Gasteiger partial charge in [-0.1, -0.05) is 6.92 Å². The van der Waals surface area contributed by atoms with Crippen LogP contribution in [0, 0.1) is 0 Å². The molecule has 3 rings (SSSR count). The number of rotatable bonds is 8. The maximum Gasteiger partial charge on any atom is 0.251 e. The second kappa shape index (κ2) is 9.45. The van der Waals surface area contributed by atoms with E-state index in [0.29, 0.717) is 22.7 Å². The van der Waals surface area contributed by atoms with Gasteiger partial charge >= 0.3 is 0 Å². The number of hydrogen-bond acceptors (Lipinski definition) is 6. The molecule has 0 spiro atoms. The van der Waals surface area contributed by atoms with Crippen molar-refractivity contribution >= 4 is 39.9 Å². The van der Waals surface area contributed by atoms with Crippen molar-refractivity contribution in [2.75, 3.05) is 31.3 Å². The molecule has 0 radical (unpaired) electrons. The van der Waals surface area contributed by atoms with Crippen molar-refractivity contribution in [2.24, 2.45) is 5.73 Å². The molecule has 0 bridgehead atoms. The molecule has 2 amide bonds. The minimum absolute atomic E-state index is 0.102. The lowest BCUT2D eigenvalue weighted by molar-refractivity contribution is -0.115. The molecule has 0 unspecified atom stereocenters. The van der Waals surface area contributed by atoms with Crippen molar-refractivity contribution < 1.29 is 14.3 Å². The lowest BCUT2D eigenvalue weighted by Crippen LogP contribution is -2.30. The number of amides is 2. The van der Waals surface area contributed by atoms with Gasteiger partial charge in [0.05, 0.1) is 12.7 Å². The van der Waals surface area contributed by atoms with Gasteiger partial charge in [0.1, 0.15) is 10.8 Å². The fourth-order valence-electron chi connectivity index (χ4n) is 3.20. The summed E-state index contributed by atoms with van der Waals surface area (Å²) in [5.74, 6) is 0.892. The van der Waals surface area contributed by atoms with Gasteiger partial charge in [0, 0.05) is 35.0 Å². The van der Waals surface area contributed by atoms with Crippen molar-refractivity contribution in [3.8, 4) is 5.75 Å². The van der Waals surface area contributed by atoms with Crippen LogP contribution in [0.25, 0.3) is 0 Å². The van der Waals surface area contributed by atoms with E-state index < -0.39 is 5.91 Å². The van der Waals surface area contributed by atoms with E-state index in [1.807, 2.05) is 24.3 Å². The van der Waals surface area contributed by atoms with Gasteiger partial charge in [0.15, 0.2) is 0 Å². The average Bonchev–Trinajstić information content (AvgIpc) is 3.05. The van der Waals surface area contributed by atoms with E-state index in [9.17, 15) is 9.59 Å². The molecule has 1 aliphatic heterocycles. The number of likely N-dealkylation sites (N-methyl/N-ethyl adjacent to an activating group) is 1. The molecule has 0 fully saturated rings. The Kier molecular flexibility index (Phi) is 6.98. The fourth-order valence-corrected chi connectivity index (χ4v) is 5.36. The molecule has 150 valence electrons. The average molecular weight is 420 g/mol. The summed E-state index contributed by atoms with van der Waals surface area (Å²) in [7, 11) is 1.63. The third-order valence-electron chi connectivity index (χ3n) is 4.74. The molecule has 6 nitrogen and oxygen atoms in total. The number of primary amides is 1. The zero-order chi connectivity index (χ0) is 20.1. The van der Waals surface area contributed by atoms with Gasteiger partial charge in [-0.15, -0.1) is 23.1 Å².